The third-order valence-electron chi connectivity index (χ3n) is 4.24. The third kappa shape index (κ3) is 2.97. The van der Waals surface area contributed by atoms with Crippen molar-refractivity contribution in [1.82, 2.24) is 4.90 Å². The van der Waals surface area contributed by atoms with Gasteiger partial charge in [0.2, 0.25) is 0 Å². The molecule has 1 aliphatic heterocycles. The van der Waals surface area contributed by atoms with E-state index >= 15 is 0 Å². The summed E-state index contributed by atoms with van der Waals surface area (Å²) in [6, 6.07) is 4.35. The molecule has 1 aliphatic rings. The normalized spacial score (nSPS) is 21.7. The minimum Gasteiger partial charge on any atom is -0.481 e. The van der Waals surface area contributed by atoms with Crippen LogP contribution in [0.4, 0.5) is 4.39 Å². The minimum absolute atomic E-state index is 0.0498. The molecule has 0 saturated carbocycles. The van der Waals surface area contributed by atoms with Crippen LogP contribution in [-0.2, 0) is 9.53 Å². The van der Waals surface area contributed by atoms with E-state index in [4.69, 9.17) is 4.74 Å². The number of carbonyl (C=O) groups excluding carboxylic acids is 1. The van der Waals surface area contributed by atoms with Gasteiger partial charge in [-0.15, -0.1) is 0 Å². The Kier molecular flexibility index (Phi) is 4.81. The second-order valence-electron chi connectivity index (χ2n) is 5.76. The molecule has 0 aromatic heterocycles. The van der Waals surface area contributed by atoms with E-state index in [9.17, 15) is 19.1 Å². The minimum atomic E-state index is -1.09. The number of carboxylic acid groups (broad SMARTS) is 1. The number of likely N-dealkylation sites (tertiary alicyclic amines) is 1. The SMILES string of the molecule is COCC1(C(=O)O)CCCN(C(=O)c2cccc(F)c2C)C1. The Morgan fingerprint density at radius 2 is 2.18 bits per heavy atom. The number of carbonyl (C=O) groups is 2. The number of hydrogen-bond donors (Lipinski definition) is 1. The highest BCUT2D eigenvalue weighted by atomic mass is 19.1. The molecule has 1 unspecified atom stereocenters. The second kappa shape index (κ2) is 6.44. The molecule has 0 radical (unpaired) electrons. The molecule has 5 nitrogen and oxygen atoms in total. The predicted molar refractivity (Wildman–Crippen MR) is 78.2 cm³/mol. The topological polar surface area (TPSA) is 66.8 Å². The first-order chi connectivity index (χ1) is 10.4. The Balaban J connectivity index is 2.27. The fourth-order valence-electron chi connectivity index (χ4n) is 2.95. The number of carboxylic acids is 1. The summed E-state index contributed by atoms with van der Waals surface area (Å²) in [4.78, 5) is 25.7. The number of methoxy groups -OCH3 is 1. The van der Waals surface area contributed by atoms with Crippen molar-refractivity contribution in [2.45, 2.75) is 19.8 Å². The Bertz CT molecular complexity index is 586. The van der Waals surface area contributed by atoms with Crippen molar-refractivity contribution in [1.29, 1.82) is 0 Å². The lowest BCUT2D eigenvalue weighted by atomic mass is 9.80. The molecule has 22 heavy (non-hydrogen) atoms. The number of rotatable bonds is 4. The zero-order chi connectivity index (χ0) is 16.3. The molecule has 1 amide bonds. The van der Waals surface area contributed by atoms with E-state index in [2.05, 4.69) is 0 Å². The Morgan fingerprint density at radius 1 is 1.45 bits per heavy atom. The number of benzene rings is 1. The molecule has 0 bridgehead atoms. The summed E-state index contributed by atoms with van der Waals surface area (Å²) in [7, 11) is 1.45. The summed E-state index contributed by atoms with van der Waals surface area (Å²) in [5, 5.41) is 9.51. The molecular weight excluding hydrogens is 289 g/mol. The number of piperidine rings is 1. The highest BCUT2D eigenvalue weighted by molar-refractivity contribution is 5.96. The number of amides is 1. The number of aliphatic carboxylic acids is 1. The molecule has 1 heterocycles. The van der Waals surface area contributed by atoms with Gasteiger partial charge < -0.3 is 14.7 Å². The number of hydrogen-bond acceptors (Lipinski definition) is 3. The third-order valence-corrected chi connectivity index (χ3v) is 4.24. The van der Waals surface area contributed by atoms with Crippen molar-refractivity contribution in [3.8, 4) is 0 Å². The van der Waals surface area contributed by atoms with Crippen LogP contribution in [0.5, 0.6) is 0 Å². The van der Waals surface area contributed by atoms with E-state index in [-0.39, 0.29) is 30.2 Å². The van der Waals surface area contributed by atoms with E-state index < -0.39 is 17.2 Å². The quantitative estimate of drug-likeness (QED) is 0.925. The van der Waals surface area contributed by atoms with Crippen LogP contribution < -0.4 is 0 Å². The fourth-order valence-corrected chi connectivity index (χ4v) is 2.95. The van der Waals surface area contributed by atoms with Gasteiger partial charge in [0.15, 0.2) is 0 Å². The van der Waals surface area contributed by atoms with Gasteiger partial charge in [-0.05, 0) is 37.5 Å². The molecule has 2 rings (SSSR count). The van der Waals surface area contributed by atoms with Gasteiger partial charge >= 0.3 is 5.97 Å². The standard InChI is InChI=1S/C16H20FNO4/c1-11-12(5-3-6-13(11)17)14(19)18-8-4-7-16(9-18,10-22-2)15(20)21/h3,5-6H,4,7-10H2,1-2H3,(H,20,21). The lowest BCUT2D eigenvalue weighted by Crippen LogP contribution is -2.52. The van der Waals surface area contributed by atoms with E-state index in [1.54, 1.807) is 13.0 Å². The molecule has 120 valence electrons. The van der Waals surface area contributed by atoms with Gasteiger partial charge in [-0.2, -0.15) is 0 Å². The molecule has 1 aromatic rings. The zero-order valence-electron chi connectivity index (χ0n) is 12.8. The lowest BCUT2D eigenvalue weighted by molar-refractivity contribution is -0.155. The van der Waals surface area contributed by atoms with Crippen molar-refractivity contribution in [3.05, 3.63) is 35.1 Å². The summed E-state index contributed by atoms with van der Waals surface area (Å²) in [6.45, 7) is 2.14. The number of halogens is 1. The van der Waals surface area contributed by atoms with E-state index in [1.165, 1.54) is 24.1 Å². The summed E-state index contributed by atoms with van der Waals surface area (Å²) >= 11 is 0. The fraction of sp³-hybridized carbons (Fsp3) is 0.500. The van der Waals surface area contributed by atoms with Crippen LogP contribution in [0.1, 0.15) is 28.8 Å². The maximum atomic E-state index is 13.6. The van der Waals surface area contributed by atoms with Crippen molar-refractivity contribution in [3.63, 3.8) is 0 Å². The number of nitrogens with zero attached hydrogens (tertiary/aromatic N) is 1. The Hall–Kier alpha value is -1.95. The lowest BCUT2D eigenvalue weighted by Gasteiger charge is -2.39. The van der Waals surface area contributed by atoms with E-state index in [0.717, 1.165) is 0 Å². The molecule has 1 N–H and O–H groups in total. The first-order valence-corrected chi connectivity index (χ1v) is 7.18. The summed E-state index contributed by atoms with van der Waals surface area (Å²) < 4.78 is 18.7. The highest BCUT2D eigenvalue weighted by Gasteiger charge is 2.44. The van der Waals surface area contributed by atoms with Gasteiger partial charge in [0.25, 0.3) is 5.91 Å². The molecule has 0 aliphatic carbocycles. The summed E-state index contributed by atoms with van der Waals surface area (Å²) in [6.07, 6.45) is 1.04. The number of ether oxygens (including phenoxy) is 1. The van der Waals surface area contributed by atoms with Crippen LogP contribution in [0.2, 0.25) is 0 Å². The predicted octanol–water partition coefficient (Wildman–Crippen LogP) is 2.09. The average Bonchev–Trinajstić information content (AvgIpc) is 2.50. The maximum absolute atomic E-state index is 13.6. The van der Waals surface area contributed by atoms with Gasteiger partial charge in [-0.25, -0.2) is 4.39 Å². The van der Waals surface area contributed by atoms with Crippen LogP contribution in [0.15, 0.2) is 18.2 Å². The zero-order valence-corrected chi connectivity index (χ0v) is 12.8. The molecule has 1 saturated heterocycles. The molecule has 6 heteroatoms. The van der Waals surface area contributed by atoms with E-state index in [0.29, 0.717) is 19.4 Å². The van der Waals surface area contributed by atoms with Crippen LogP contribution in [0, 0.1) is 18.2 Å². The second-order valence-corrected chi connectivity index (χ2v) is 5.76. The van der Waals surface area contributed by atoms with Crippen molar-refractivity contribution in [2.24, 2.45) is 5.41 Å². The Morgan fingerprint density at radius 3 is 2.82 bits per heavy atom. The van der Waals surface area contributed by atoms with Gasteiger partial charge in [0, 0.05) is 25.8 Å². The van der Waals surface area contributed by atoms with Gasteiger partial charge in [0.05, 0.1) is 6.61 Å². The van der Waals surface area contributed by atoms with Crippen LogP contribution in [-0.4, -0.2) is 48.7 Å². The average molecular weight is 309 g/mol. The largest absolute Gasteiger partial charge is 0.481 e. The monoisotopic (exact) mass is 309 g/mol. The van der Waals surface area contributed by atoms with Gasteiger partial charge in [-0.1, -0.05) is 6.07 Å². The first-order valence-electron chi connectivity index (χ1n) is 7.18. The molecule has 0 spiro atoms. The first kappa shape index (κ1) is 16.4. The highest BCUT2D eigenvalue weighted by Crippen LogP contribution is 2.32. The van der Waals surface area contributed by atoms with Crippen molar-refractivity contribution >= 4 is 11.9 Å². The maximum Gasteiger partial charge on any atom is 0.313 e. The van der Waals surface area contributed by atoms with Crippen LogP contribution in [0.3, 0.4) is 0 Å². The smallest absolute Gasteiger partial charge is 0.313 e. The van der Waals surface area contributed by atoms with Crippen LogP contribution in [0.25, 0.3) is 0 Å². The van der Waals surface area contributed by atoms with Crippen molar-refractivity contribution < 1.29 is 23.8 Å². The summed E-state index contributed by atoms with van der Waals surface area (Å²) in [5.74, 6) is -1.74. The molecule has 1 fully saturated rings. The summed E-state index contributed by atoms with van der Waals surface area (Å²) in [5.41, 5.74) is -0.534. The van der Waals surface area contributed by atoms with Crippen LogP contribution >= 0.6 is 0 Å². The molecular formula is C16H20FNO4. The van der Waals surface area contributed by atoms with Gasteiger partial charge in [-0.3, -0.25) is 9.59 Å². The van der Waals surface area contributed by atoms with E-state index in [1.807, 2.05) is 0 Å². The van der Waals surface area contributed by atoms with Crippen molar-refractivity contribution in [2.75, 3.05) is 26.8 Å². The Labute approximate surface area is 128 Å². The molecule has 1 atom stereocenters. The molecule has 1 aromatic carbocycles. The van der Waals surface area contributed by atoms with Gasteiger partial charge in [0.1, 0.15) is 11.2 Å².